The van der Waals surface area contributed by atoms with Crippen LogP contribution in [0.2, 0.25) is 0 Å². The molecule has 3 aromatic rings. The Bertz CT molecular complexity index is 949. The number of rotatable bonds is 4. The predicted molar refractivity (Wildman–Crippen MR) is 95.7 cm³/mol. The van der Waals surface area contributed by atoms with Crippen molar-refractivity contribution < 1.29 is 13.9 Å². The largest absolute Gasteiger partial charge is 0.478 e. The molecule has 1 aliphatic rings. The van der Waals surface area contributed by atoms with Gasteiger partial charge in [0.25, 0.3) is 0 Å². The summed E-state index contributed by atoms with van der Waals surface area (Å²) in [5, 5.41) is 0.581. The lowest BCUT2D eigenvalue weighted by Crippen LogP contribution is -2.34. The van der Waals surface area contributed by atoms with E-state index in [-0.39, 0.29) is 5.43 Å². The molecule has 0 saturated carbocycles. The summed E-state index contributed by atoms with van der Waals surface area (Å²) in [6.07, 6.45) is 1.55. The molecule has 1 aromatic heterocycles. The van der Waals surface area contributed by atoms with Gasteiger partial charge in [0.1, 0.15) is 24.3 Å². The highest BCUT2D eigenvalue weighted by Crippen LogP contribution is 2.32. The van der Waals surface area contributed by atoms with E-state index in [4.69, 9.17) is 13.9 Å². The fraction of sp³-hybridized carbons (Fsp3) is 0.250. The van der Waals surface area contributed by atoms with Crippen LogP contribution in [0.3, 0.4) is 0 Å². The molecule has 0 fully saturated rings. The van der Waals surface area contributed by atoms with Crippen molar-refractivity contribution in [3.8, 4) is 16.9 Å². The maximum atomic E-state index is 12.9. The summed E-state index contributed by atoms with van der Waals surface area (Å²) < 4.78 is 16.8. The van der Waals surface area contributed by atoms with E-state index in [2.05, 4.69) is 4.90 Å². The van der Waals surface area contributed by atoms with E-state index in [1.165, 1.54) is 0 Å². The van der Waals surface area contributed by atoms with Gasteiger partial charge in [0.05, 0.1) is 23.1 Å². The highest BCUT2D eigenvalue weighted by molar-refractivity contribution is 5.85. The quantitative estimate of drug-likeness (QED) is 0.731. The van der Waals surface area contributed by atoms with E-state index in [1.54, 1.807) is 19.4 Å². The lowest BCUT2D eigenvalue weighted by atomic mass is 10.0. The van der Waals surface area contributed by atoms with Gasteiger partial charge in [0.2, 0.25) is 5.43 Å². The summed E-state index contributed by atoms with van der Waals surface area (Å²) in [5.41, 5.74) is 2.92. The van der Waals surface area contributed by atoms with Crippen LogP contribution >= 0.6 is 0 Å². The molecule has 0 atom stereocenters. The van der Waals surface area contributed by atoms with Crippen LogP contribution in [-0.2, 0) is 11.3 Å². The molecule has 5 heteroatoms. The predicted octanol–water partition coefficient (Wildman–Crippen LogP) is 3.26. The number of ether oxygens (including phenoxy) is 2. The lowest BCUT2D eigenvalue weighted by molar-refractivity contribution is 0.0658. The van der Waals surface area contributed by atoms with Gasteiger partial charge in [-0.3, -0.25) is 9.69 Å². The Morgan fingerprint density at radius 2 is 2.00 bits per heavy atom. The van der Waals surface area contributed by atoms with Crippen molar-refractivity contribution in [3.05, 3.63) is 64.5 Å². The molecule has 0 bridgehead atoms. The molecule has 2 heterocycles. The van der Waals surface area contributed by atoms with Gasteiger partial charge in [0, 0.05) is 20.2 Å². The van der Waals surface area contributed by atoms with Crippen LogP contribution in [0.15, 0.2) is 57.9 Å². The standard InChI is InChI=1S/C20H19NO4/c1-23-10-9-21-11-16-18(25-13-21)8-7-15-19(22)17(12-24-20(15)16)14-5-3-2-4-6-14/h2-8,12H,9-11,13H2,1H3. The van der Waals surface area contributed by atoms with E-state index < -0.39 is 0 Å². The molecular weight excluding hydrogens is 318 g/mol. The maximum absolute atomic E-state index is 12.9. The molecule has 2 aromatic carbocycles. The molecule has 25 heavy (non-hydrogen) atoms. The second kappa shape index (κ2) is 6.70. The minimum absolute atomic E-state index is 0.0238. The Kier molecular flexibility index (Phi) is 4.26. The molecule has 128 valence electrons. The third-order valence-electron chi connectivity index (χ3n) is 4.48. The first-order valence-electron chi connectivity index (χ1n) is 8.25. The molecule has 0 saturated heterocycles. The summed E-state index contributed by atoms with van der Waals surface area (Å²) in [7, 11) is 1.68. The first-order valence-corrected chi connectivity index (χ1v) is 8.25. The summed E-state index contributed by atoms with van der Waals surface area (Å²) in [6.45, 7) is 2.57. The minimum atomic E-state index is -0.0238. The summed E-state index contributed by atoms with van der Waals surface area (Å²) >= 11 is 0. The Labute approximate surface area is 145 Å². The summed E-state index contributed by atoms with van der Waals surface area (Å²) in [6, 6.07) is 13.2. The second-order valence-electron chi connectivity index (χ2n) is 6.08. The zero-order valence-corrected chi connectivity index (χ0v) is 14.0. The van der Waals surface area contributed by atoms with Gasteiger partial charge >= 0.3 is 0 Å². The van der Waals surface area contributed by atoms with Crippen LogP contribution in [0.1, 0.15) is 5.56 Å². The van der Waals surface area contributed by atoms with E-state index >= 15 is 0 Å². The zero-order chi connectivity index (χ0) is 17.2. The Hall–Kier alpha value is -2.63. The van der Waals surface area contributed by atoms with Crippen LogP contribution in [0.5, 0.6) is 5.75 Å². The lowest BCUT2D eigenvalue weighted by Gasteiger charge is -2.28. The summed E-state index contributed by atoms with van der Waals surface area (Å²) in [5.74, 6) is 0.775. The number of hydrogen-bond donors (Lipinski definition) is 0. The van der Waals surface area contributed by atoms with Gasteiger partial charge in [-0.05, 0) is 17.7 Å². The highest BCUT2D eigenvalue weighted by Gasteiger charge is 2.22. The van der Waals surface area contributed by atoms with Gasteiger partial charge in [-0.2, -0.15) is 0 Å². The molecule has 0 unspecified atom stereocenters. The van der Waals surface area contributed by atoms with E-state index in [1.807, 2.05) is 36.4 Å². The second-order valence-corrected chi connectivity index (χ2v) is 6.08. The van der Waals surface area contributed by atoms with Crippen LogP contribution < -0.4 is 10.2 Å². The van der Waals surface area contributed by atoms with Gasteiger partial charge in [-0.25, -0.2) is 0 Å². The van der Waals surface area contributed by atoms with Crippen LogP contribution in [0.4, 0.5) is 0 Å². The number of fused-ring (bicyclic) bond motifs is 3. The average Bonchev–Trinajstić information content (AvgIpc) is 2.67. The van der Waals surface area contributed by atoms with Crippen molar-refractivity contribution in [2.75, 3.05) is 27.0 Å². The smallest absolute Gasteiger partial charge is 0.200 e. The first-order chi connectivity index (χ1) is 12.3. The third-order valence-corrected chi connectivity index (χ3v) is 4.48. The summed E-state index contributed by atoms with van der Waals surface area (Å²) in [4.78, 5) is 15.1. The van der Waals surface area contributed by atoms with Crippen molar-refractivity contribution in [2.24, 2.45) is 0 Å². The van der Waals surface area contributed by atoms with Crippen LogP contribution in [-0.4, -0.2) is 31.9 Å². The van der Waals surface area contributed by atoms with Crippen molar-refractivity contribution in [1.29, 1.82) is 0 Å². The Morgan fingerprint density at radius 3 is 2.80 bits per heavy atom. The molecule has 0 N–H and O–H groups in total. The molecule has 0 aliphatic carbocycles. The minimum Gasteiger partial charge on any atom is -0.478 e. The monoisotopic (exact) mass is 337 g/mol. The fourth-order valence-corrected chi connectivity index (χ4v) is 3.14. The molecule has 0 spiro atoms. The number of methoxy groups -OCH3 is 1. The van der Waals surface area contributed by atoms with Crippen molar-refractivity contribution >= 4 is 11.0 Å². The van der Waals surface area contributed by atoms with Crippen molar-refractivity contribution in [3.63, 3.8) is 0 Å². The van der Waals surface area contributed by atoms with E-state index in [0.29, 0.717) is 36.4 Å². The Morgan fingerprint density at radius 1 is 1.16 bits per heavy atom. The van der Waals surface area contributed by atoms with Gasteiger partial charge in [-0.15, -0.1) is 0 Å². The molecule has 4 rings (SSSR count). The fourth-order valence-electron chi connectivity index (χ4n) is 3.14. The van der Waals surface area contributed by atoms with Gasteiger partial charge in [-0.1, -0.05) is 30.3 Å². The number of nitrogens with zero attached hydrogens (tertiary/aromatic N) is 1. The number of benzene rings is 2. The van der Waals surface area contributed by atoms with Crippen LogP contribution in [0.25, 0.3) is 22.1 Å². The van der Waals surface area contributed by atoms with Gasteiger partial charge < -0.3 is 13.9 Å². The topological polar surface area (TPSA) is 51.9 Å². The van der Waals surface area contributed by atoms with Gasteiger partial charge in [0.15, 0.2) is 0 Å². The zero-order valence-electron chi connectivity index (χ0n) is 14.0. The molecule has 0 amide bonds. The highest BCUT2D eigenvalue weighted by atomic mass is 16.5. The average molecular weight is 337 g/mol. The van der Waals surface area contributed by atoms with Crippen molar-refractivity contribution in [1.82, 2.24) is 4.90 Å². The molecule has 1 aliphatic heterocycles. The molecule has 0 radical (unpaired) electrons. The SMILES string of the molecule is COCCN1COc2ccc3c(=O)c(-c4ccccc4)coc3c2C1. The molecular formula is C20H19NO4. The van der Waals surface area contributed by atoms with E-state index in [0.717, 1.165) is 23.4 Å². The maximum Gasteiger partial charge on any atom is 0.200 e. The van der Waals surface area contributed by atoms with E-state index in [9.17, 15) is 4.79 Å². The third kappa shape index (κ3) is 2.92. The Balaban J connectivity index is 1.79. The number of hydrogen-bond acceptors (Lipinski definition) is 5. The first kappa shape index (κ1) is 15.9. The normalized spacial score (nSPS) is 14.3. The molecule has 5 nitrogen and oxygen atoms in total. The van der Waals surface area contributed by atoms with Crippen LogP contribution in [0, 0.1) is 0 Å². The van der Waals surface area contributed by atoms with Crippen molar-refractivity contribution in [2.45, 2.75) is 6.54 Å².